The van der Waals surface area contributed by atoms with E-state index in [2.05, 4.69) is 5.32 Å². The summed E-state index contributed by atoms with van der Waals surface area (Å²) in [5.41, 5.74) is 5.11. The Morgan fingerprint density at radius 2 is 1.77 bits per heavy atom. The second-order valence-corrected chi connectivity index (χ2v) is 10.4. The number of hydrogen-bond donors (Lipinski definition) is 1. The SMILES string of the molecule is C[C@@H](NC(=O)Oc1nn(-c2ccc(Cl)cc2Cl)c2c1CCCCC/C2=C\c1ccc(F)cc1)c1ccccc1. The van der Waals surface area contributed by atoms with Gasteiger partial charge in [0.2, 0.25) is 5.88 Å². The molecule has 0 aliphatic heterocycles. The lowest BCUT2D eigenvalue weighted by Crippen LogP contribution is -2.30. The number of nitrogens with one attached hydrogen (secondary N) is 1. The molecule has 0 saturated carbocycles. The Bertz CT molecular complexity index is 1500. The normalized spacial score (nSPS) is 15.2. The molecule has 0 fully saturated rings. The molecule has 1 N–H and O–H groups in total. The standard InChI is InChI=1S/C31H28Cl2FN3O2/c1-20(22-8-4-2-5-9-22)35-31(38)39-30-26-11-7-3-6-10-23(18-21-12-15-25(34)16-13-21)29(26)37(36-30)28-17-14-24(32)19-27(28)33/h2,4-5,8-9,12-20H,3,6-7,10-11H2,1H3,(H,35,38)/b23-18+/t20-/m1/s1. The Kier molecular flexibility index (Phi) is 8.34. The van der Waals surface area contributed by atoms with Crippen LogP contribution in [0.1, 0.15) is 61.0 Å². The molecule has 1 aromatic heterocycles. The fourth-order valence-electron chi connectivity index (χ4n) is 4.83. The lowest BCUT2D eigenvalue weighted by Gasteiger charge is -2.17. The number of ether oxygens (including phenoxy) is 1. The third kappa shape index (κ3) is 6.35. The average molecular weight is 564 g/mol. The van der Waals surface area contributed by atoms with E-state index in [0.717, 1.165) is 53.6 Å². The summed E-state index contributed by atoms with van der Waals surface area (Å²) in [6, 6.07) is 21.0. The van der Waals surface area contributed by atoms with Crippen molar-refractivity contribution in [2.24, 2.45) is 0 Å². The van der Waals surface area contributed by atoms with Crippen LogP contribution in [0.4, 0.5) is 9.18 Å². The van der Waals surface area contributed by atoms with Gasteiger partial charge in [-0.05, 0) is 85.7 Å². The van der Waals surface area contributed by atoms with Crippen LogP contribution in [0.3, 0.4) is 0 Å². The first-order chi connectivity index (χ1) is 18.9. The molecule has 200 valence electrons. The summed E-state index contributed by atoms with van der Waals surface area (Å²) in [5.74, 6) is -0.0550. The van der Waals surface area contributed by atoms with Gasteiger partial charge in [0.05, 0.1) is 22.4 Å². The van der Waals surface area contributed by atoms with Gasteiger partial charge in [-0.2, -0.15) is 0 Å². The summed E-state index contributed by atoms with van der Waals surface area (Å²) >= 11 is 12.8. The lowest BCUT2D eigenvalue weighted by molar-refractivity contribution is 0.194. The minimum Gasteiger partial charge on any atom is -0.389 e. The molecule has 39 heavy (non-hydrogen) atoms. The maximum Gasteiger partial charge on any atom is 0.414 e. The first-order valence-electron chi connectivity index (χ1n) is 13.0. The van der Waals surface area contributed by atoms with E-state index >= 15 is 0 Å². The molecule has 1 aliphatic rings. The van der Waals surface area contributed by atoms with Gasteiger partial charge in [0.15, 0.2) is 0 Å². The fraction of sp³-hybridized carbons (Fsp3) is 0.226. The largest absolute Gasteiger partial charge is 0.414 e. The molecule has 0 saturated heterocycles. The van der Waals surface area contributed by atoms with Gasteiger partial charge < -0.3 is 10.1 Å². The van der Waals surface area contributed by atoms with Crippen molar-refractivity contribution in [1.82, 2.24) is 15.1 Å². The van der Waals surface area contributed by atoms with E-state index < -0.39 is 6.09 Å². The molecule has 4 aromatic rings. The topological polar surface area (TPSA) is 56.1 Å². The van der Waals surface area contributed by atoms with Gasteiger partial charge in [-0.1, -0.05) is 72.1 Å². The van der Waals surface area contributed by atoms with Crippen LogP contribution in [0.2, 0.25) is 10.0 Å². The van der Waals surface area contributed by atoms with Crippen LogP contribution in [-0.2, 0) is 6.42 Å². The van der Waals surface area contributed by atoms with Crippen molar-refractivity contribution in [3.05, 3.63) is 111 Å². The van der Waals surface area contributed by atoms with Gasteiger partial charge in [0, 0.05) is 10.6 Å². The first kappa shape index (κ1) is 27.0. The number of benzene rings is 3. The summed E-state index contributed by atoms with van der Waals surface area (Å²) < 4.78 is 21.2. The number of hydrogen-bond acceptors (Lipinski definition) is 3. The van der Waals surface area contributed by atoms with Crippen LogP contribution in [-0.4, -0.2) is 15.9 Å². The molecule has 5 nitrogen and oxygen atoms in total. The molecule has 1 aliphatic carbocycles. The number of carbonyl (C=O) groups is 1. The highest BCUT2D eigenvalue weighted by atomic mass is 35.5. The maximum atomic E-state index is 13.6. The highest BCUT2D eigenvalue weighted by molar-refractivity contribution is 6.35. The Morgan fingerprint density at radius 1 is 1.03 bits per heavy atom. The number of aromatic nitrogens is 2. The smallest absolute Gasteiger partial charge is 0.389 e. The highest BCUT2D eigenvalue weighted by Gasteiger charge is 2.27. The van der Waals surface area contributed by atoms with Gasteiger partial charge in [-0.15, -0.1) is 5.10 Å². The van der Waals surface area contributed by atoms with Crippen molar-refractivity contribution in [3.63, 3.8) is 0 Å². The number of carbonyl (C=O) groups excluding carboxylic acids is 1. The minimum atomic E-state index is -0.591. The molecule has 1 atom stereocenters. The molecule has 1 amide bonds. The lowest BCUT2D eigenvalue weighted by atomic mass is 9.92. The zero-order chi connectivity index (χ0) is 27.4. The van der Waals surface area contributed by atoms with Gasteiger partial charge in [-0.3, -0.25) is 0 Å². The molecule has 0 radical (unpaired) electrons. The Morgan fingerprint density at radius 3 is 2.51 bits per heavy atom. The van der Waals surface area contributed by atoms with Gasteiger partial charge in [-0.25, -0.2) is 13.9 Å². The van der Waals surface area contributed by atoms with E-state index in [0.29, 0.717) is 22.2 Å². The molecular weight excluding hydrogens is 536 g/mol. The zero-order valence-corrected chi connectivity index (χ0v) is 23.0. The third-order valence-corrected chi connectivity index (χ3v) is 7.33. The third-order valence-electron chi connectivity index (χ3n) is 6.80. The van der Waals surface area contributed by atoms with Crippen LogP contribution in [0, 0.1) is 5.82 Å². The number of allylic oxidation sites excluding steroid dienone is 1. The zero-order valence-electron chi connectivity index (χ0n) is 21.5. The van der Waals surface area contributed by atoms with Crippen LogP contribution in [0.25, 0.3) is 17.3 Å². The van der Waals surface area contributed by atoms with E-state index in [1.54, 1.807) is 35.0 Å². The Balaban J connectivity index is 1.58. The van der Waals surface area contributed by atoms with E-state index in [9.17, 15) is 9.18 Å². The first-order valence-corrected chi connectivity index (χ1v) is 13.7. The molecular formula is C31H28Cl2FN3O2. The number of nitrogens with zero attached hydrogens (tertiary/aromatic N) is 2. The average Bonchev–Trinajstić information content (AvgIpc) is 3.24. The van der Waals surface area contributed by atoms with Gasteiger partial charge in [0.25, 0.3) is 0 Å². The Hall–Kier alpha value is -3.61. The van der Waals surface area contributed by atoms with Crippen LogP contribution in [0.15, 0.2) is 72.8 Å². The van der Waals surface area contributed by atoms with E-state index in [1.807, 2.05) is 43.3 Å². The van der Waals surface area contributed by atoms with Gasteiger partial charge in [0.1, 0.15) is 5.82 Å². The Labute approximate surface area is 237 Å². The van der Waals surface area contributed by atoms with Gasteiger partial charge >= 0.3 is 6.09 Å². The van der Waals surface area contributed by atoms with E-state index in [-0.39, 0.29) is 17.7 Å². The second kappa shape index (κ2) is 12.1. The van der Waals surface area contributed by atoms with Crippen molar-refractivity contribution >= 4 is 40.9 Å². The molecule has 0 bridgehead atoms. The molecule has 1 heterocycles. The number of rotatable bonds is 5. The predicted molar refractivity (Wildman–Crippen MR) is 154 cm³/mol. The van der Waals surface area contributed by atoms with E-state index in [4.69, 9.17) is 33.0 Å². The number of fused-ring (bicyclic) bond motifs is 1. The highest BCUT2D eigenvalue weighted by Crippen LogP contribution is 2.38. The summed E-state index contributed by atoms with van der Waals surface area (Å²) in [5, 5.41) is 8.59. The van der Waals surface area contributed by atoms with Crippen molar-refractivity contribution in [2.75, 3.05) is 0 Å². The maximum absolute atomic E-state index is 13.6. The minimum absolute atomic E-state index is 0.237. The molecule has 0 unspecified atom stereocenters. The van der Waals surface area contributed by atoms with Crippen molar-refractivity contribution in [3.8, 4) is 11.6 Å². The molecule has 0 spiro atoms. The summed E-state index contributed by atoms with van der Waals surface area (Å²) in [6.45, 7) is 1.90. The summed E-state index contributed by atoms with van der Waals surface area (Å²) in [6.07, 6.45) is 5.83. The van der Waals surface area contributed by atoms with Crippen LogP contribution >= 0.6 is 23.2 Å². The monoisotopic (exact) mass is 563 g/mol. The fourth-order valence-corrected chi connectivity index (χ4v) is 5.32. The quantitative estimate of drug-likeness (QED) is 0.264. The van der Waals surface area contributed by atoms with Crippen molar-refractivity contribution in [1.29, 1.82) is 0 Å². The molecule has 3 aromatic carbocycles. The summed E-state index contributed by atoms with van der Waals surface area (Å²) in [4.78, 5) is 13.0. The molecule has 8 heteroatoms. The number of halogens is 3. The summed E-state index contributed by atoms with van der Waals surface area (Å²) in [7, 11) is 0. The second-order valence-electron chi connectivity index (χ2n) is 9.59. The van der Waals surface area contributed by atoms with Crippen molar-refractivity contribution in [2.45, 2.75) is 45.1 Å². The van der Waals surface area contributed by atoms with E-state index in [1.165, 1.54) is 12.1 Å². The number of amides is 1. The molecule has 5 rings (SSSR count). The van der Waals surface area contributed by atoms with Crippen LogP contribution < -0.4 is 10.1 Å². The predicted octanol–water partition coefficient (Wildman–Crippen LogP) is 8.82. The van der Waals surface area contributed by atoms with Crippen LogP contribution in [0.5, 0.6) is 5.88 Å². The van der Waals surface area contributed by atoms with Crippen molar-refractivity contribution < 1.29 is 13.9 Å².